The van der Waals surface area contributed by atoms with Crippen molar-refractivity contribution < 1.29 is 17.9 Å². The molecule has 1 atom stereocenters. The van der Waals surface area contributed by atoms with E-state index in [0.29, 0.717) is 5.69 Å². The van der Waals surface area contributed by atoms with Crippen molar-refractivity contribution in [2.75, 3.05) is 0 Å². The van der Waals surface area contributed by atoms with Crippen LogP contribution in [-0.2, 0) is 6.54 Å². The van der Waals surface area contributed by atoms with Gasteiger partial charge in [-0.05, 0) is 6.92 Å². The number of aryl methyl sites for hydroxylation is 1. The van der Waals surface area contributed by atoms with Gasteiger partial charge in [0.25, 0.3) is 6.01 Å². The molecule has 0 amide bonds. The quantitative estimate of drug-likeness (QED) is 0.623. The van der Waals surface area contributed by atoms with Gasteiger partial charge in [-0.15, -0.1) is 0 Å². The fraction of sp³-hybridized carbons (Fsp3) is 0.571. The second-order valence-corrected chi connectivity index (χ2v) is 2.97. The maximum atomic E-state index is 12.1. The molecule has 2 rings (SSSR count). The first kappa shape index (κ1) is 8.40. The van der Waals surface area contributed by atoms with Crippen LogP contribution in [-0.4, -0.2) is 21.8 Å². The number of alkyl halides is 3. The Kier molecular flexibility index (Phi) is 1.55. The molecule has 3 nitrogen and oxygen atoms in total. The largest absolute Gasteiger partial charge is 0.450 e. The highest BCUT2D eigenvalue weighted by atomic mass is 19.4. The summed E-state index contributed by atoms with van der Waals surface area (Å²) in [4.78, 5) is 3.80. The number of ether oxygens (including phenoxy) is 1. The molecule has 0 radical (unpaired) electrons. The van der Waals surface area contributed by atoms with Crippen LogP contribution in [0, 0.1) is 6.92 Å². The van der Waals surface area contributed by atoms with Gasteiger partial charge in [0, 0.05) is 6.20 Å². The Balaban J connectivity index is 2.20. The van der Waals surface area contributed by atoms with E-state index in [4.69, 9.17) is 0 Å². The van der Waals surface area contributed by atoms with Crippen LogP contribution in [0.4, 0.5) is 13.2 Å². The van der Waals surface area contributed by atoms with E-state index in [1.807, 2.05) is 0 Å². The molecule has 13 heavy (non-hydrogen) atoms. The lowest BCUT2D eigenvalue weighted by Crippen LogP contribution is -2.33. The highest BCUT2D eigenvalue weighted by Crippen LogP contribution is 2.31. The lowest BCUT2D eigenvalue weighted by Gasteiger charge is -2.12. The zero-order chi connectivity index (χ0) is 9.64. The van der Waals surface area contributed by atoms with Crippen molar-refractivity contribution in [2.45, 2.75) is 25.7 Å². The molecule has 1 aromatic rings. The second-order valence-electron chi connectivity index (χ2n) is 2.97. The summed E-state index contributed by atoms with van der Waals surface area (Å²) in [6.45, 7) is 1.51. The summed E-state index contributed by atoms with van der Waals surface area (Å²) in [5.74, 6) is 0. The average molecular weight is 192 g/mol. The van der Waals surface area contributed by atoms with E-state index >= 15 is 0 Å². The molecule has 0 bridgehead atoms. The Bertz CT molecular complexity index is 307. The molecule has 1 aliphatic rings. The third-order valence-corrected chi connectivity index (χ3v) is 1.84. The van der Waals surface area contributed by atoms with Crippen molar-refractivity contribution in [3.8, 4) is 6.01 Å². The van der Waals surface area contributed by atoms with Crippen molar-refractivity contribution >= 4 is 0 Å². The molecule has 6 heteroatoms. The van der Waals surface area contributed by atoms with E-state index in [0.717, 1.165) is 0 Å². The highest BCUT2D eigenvalue weighted by molar-refractivity contribution is 5.11. The fourth-order valence-electron chi connectivity index (χ4n) is 1.26. The van der Waals surface area contributed by atoms with E-state index in [1.165, 1.54) is 4.57 Å². The molecule has 0 aliphatic carbocycles. The van der Waals surface area contributed by atoms with Gasteiger partial charge >= 0.3 is 6.18 Å². The van der Waals surface area contributed by atoms with Gasteiger partial charge in [0.15, 0.2) is 0 Å². The Morgan fingerprint density at radius 1 is 1.62 bits per heavy atom. The summed E-state index contributed by atoms with van der Waals surface area (Å²) in [7, 11) is 0. The van der Waals surface area contributed by atoms with Crippen molar-refractivity contribution in [2.24, 2.45) is 0 Å². The Morgan fingerprint density at radius 2 is 2.31 bits per heavy atom. The summed E-state index contributed by atoms with van der Waals surface area (Å²) in [5.41, 5.74) is 0.663. The summed E-state index contributed by atoms with van der Waals surface area (Å²) in [5, 5.41) is 0. The predicted molar refractivity (Wildman–Crippen MR) is 37.4 cm³/mol. The number of nitrogens with zero attached hydrogens (tertiary/aromatic N) is 2. The number of fused-ring (bicyclic) bond motifs is 1. The molecule has 0 saturated carbocycles. The normalized spacial score (nSPS) is 21.4. The molecule has 0 fully saturated rings. The minimum Gasteiger partial charge on any atom is -0.450 e. The number of imidazole rings is 1. The summed E-state index contributed by atoms with van der Waals surface area (Å²) in [6, 6.07) is 0.0554. The standard InChI is InChI=1S/C7H7F3N2O/c1-4-2-12-3-5(7(8,9)10)13-6(12)11-4/h2,5H,3H2,1H3. The molecule has 72 valence electrons. The molecule has 0 N–H and O–H groups in total. The third kappa shape index (κ3) is 1.36. The average Bonchev–Trinajstić information content (AvgIpc) is 2.40. The predicted octanol–water partition coefficient (Wildman–Crippen LogP) is 1.51. The summed E-state index contributed by atoms with van der Waals surface area (Å²) >= 11 is 0. The fourth-order valence-corrected chi connectivity index (χ4v) is 1.26. The molecule has 1 aliphatic heterocycles. The van der Waals surface area contributed by atoms with Crippen molar-refractivity contribution in [1.29, 1.82) is 0 Å². The molecular weight excluding hydrogens is 185 g/mol. The van der Waals surface area contributed by atoms with Crippen LogP contribution in [0.3, 0.4) is 0 Å². The molecular formula is C7H7F3N2O. The minimum atomic E-state index is -4.31. The highest BCUT2D eigenvalue weighted by Gasteiger charge is 2.46. The molecule has 1 aromatic heterocycles. The Hall–Kier alpha value is -1.20. The van der Waals surface area contributed by atoms with Crippen LogP contribution in [0.5, 0.6) is 6.01 Å². The maximum Gasteiger partial charge on any atom is 0.427 e. The van der Waals surface area contributed by atoms with Crippen LogP contribution in [0.25, 0.3) is 0 Å². The SMILES string of the molecule is Cc1cn2c(n1)OC(C(F)(F)F)C2. The van der Waals surface area contributed by atoms with Crippen LogP contribution in [0.1, 0.15) is 5.69 Å². The topological polar surface area (TPSA) is 27.1 Å². The zero-order valence-electron chi connectivity index (χ0n) is 6.80. The van der Waals surface area contributed by atoms with Gasteiger partial charge in [-0.3, -0.25) is 4.57 Å². The van der Waals surface area contributed by atoms with E-state index in [1.54, 1.807) is 13.1 Å². The van der Waals surface area contributed by atoms with Gasteiger partial charge in [-0.25, -0.2) is 4.98 Å². The molecule has 0 saturated heterocycles. The lowest BCUT2D eigenvalue weighted by atomic mass is 10.3. The number of halogens is 3. The van der Waals surface area contributed by atoms with E-state index in [9.17, 15) is 13.2 Å². The monoisotopic (exact) mass is 192 g/mol. The molecule has 0 aromatic carbocycles. The van der Waals surface area contributed by atoms with Crippen LogP contribution in [0.2, 0.25) is 0 Å². The van der Waals surface area contributed by atoms with Gasteiger partial charge in [0.2, 0.25) is 6.10 Å². The van der Waals surface area contributed by atoms with E-state index < -0.39 is 12.3 Å². The van der Waals surface area contributed by atoms with Crippen molar-refractivity contribution in [1.82, 2.24) is 9.55 Å². The maximum absolute atomic E-state index is 12.1. The van der Waals surface area contributed by atoms with Gasteiger partial charge < -0.3 is 4.74 Å². The first-order valence-corrected chi connectivity index (χ1v) is 3.74. The van der Waals surface area contributed by atoms with Crippen LogP contribution < -0.4 is 4.74 Å². The number of aromatic nitrogens is 2. The summed E-state index contributed by atoms with van der Waals surface area (Å²) in [6.07, 6.45) is -4.51. The van der Waals surface area contributed by atoms with Crippen molar-refractivity contribution in [3.05, 3.63) is 11.9 Å². The zero-order valence-corrected chi connectivity index (χ0v) is 6.80. The van der Waals surface area contributed by atoms with Gasteiger partial charge in [-0.1, -0.05) is 0 Å². The number of rotatable bonds is 0. The van der Waals surface area contributed by atoms with E-state index in [2.05, 4.69) is 9.72 Å². The molecule has 2 heterocycles. The second kappa shape index (κ2) is 2.40. The Morgan fingerprint density at radius 3 is 2.85 bits per heavy atom. The molecule has 0 spiro atoms. The van der Waals surface area contributed by atoms with Crippen molar-refractivity contribution in [3.63, 3.8) is 0 Å². The van der Waals surface area contributed by atoms with Crippen LogP contribution in [0.15, 0.2) is 6.20 Å². The first-order valence-electron chi connectivity index (χ1n) is 3.74. The Labute approximate surface area is 72.1 Å². The third-order valence-electron chi connectivity index (χ3n) is 1.84. The first-order chi connectivity index (χ1) is 5.97. The van der Waals surface area contributed by atoms with Gasteiger partial charge in [-0.2, -0.15) is 13.2 Å². The van der Waals surface area contributed by atoms with Gasteiger partial charge in [0.1, 0.15) is 0 Å². The smallest absolute Gasteiger partial charge is 0.427 e. The minimum absolute atomic E-state index is 0.0554. The van der Waals surface area contributed by atoms with Crippen LogP contribution >= 0.6 is 0 Å². The van der Waals surface area contributed by atoms with E-state index in [-0.39, 0.29) is 12.6 Å². The number of hydrogen-bond donors (Lipinski definition) is 0. The van der Waals surface area contributed by atoms with Gasteiger partial charge in [0.05, 0.1) is 12.2 Å². The summed E-state index contributed by atoms with van der Waals surface area (Å²) < 4.78 is 42.4. The lowest BCUT2D eigenvalue weighted by molar-refractivity contribution is -0.190. The molecule has 1 unspecified atom stereocenters. The number of hydrogen-bond acceptors (Lipinski definition) is 2.